The highest BCUT2D eigenvalue weighted by atomic mass is 19.4. The van der Waals surface area contributed by atoms with Crippen LogP contribution in [-0.2, 0) is 6.18 Å². The Kier molecular flexibility index (Phi) is 3.77. The van der Waals surface area contributed by atoms with Crippen LogP contribution in [-0.4, -0.2) is 19.7 Å². The van der Waals surface area contributed by atoms with E-state index in [0.29, 0.717) is 5.56 Å². The number of benzene rings is 1. The zero-order chi connectivity index (χ0) is 18.5. The van der Waals surface area contributed by atoms with Crippen LogP contribution in [0.25, 0.3) is 11.0 Å². The summed E-state index contributed by atoms with van der Waals surface area (Å²) in [6.45, 7) is 3.08. The molecule has 2 aromatic heterocycles. The molecule has 0 aliphatic rings. The molecule has 3 aromatic rings. The van der Waals surface area contributed by atoms with Gasteiger partial charge < -0.3 is 0 Å². The highest BCUT2D eigenvalue weighted by Gasteiger charge is 2.39. The lowest BCUT2D eigenvalue weighted by molar-refractivity contribution is -0.140. The van der Waals surface area contributed by atoms with E-state index < -0.39 is 46.0 Å². The maximum Gasteiger partial charge on any atom is 0.436 e. The quantitative estimate of drug-likeness (QED) is 0.692. The van der Waals surface area contributed by atoms with Gasteiger partial charge >= 0.3 is 11.9 Å². The Balaban J connectivity index is 2.33. The molecule has 0 amide bonds. The summed E-state index contributed by atoms with van der Waals surface area (Å²) >= 11 is 0. The van der Waals surface area contributed by atoms with E-state index in [4.69, 9.17) is 0 Å². The third kappa shape index (κ3) is 2.83. The lowest BCUT2D eigenvalue weighted by Crippen LogP contribution is -2.24. The molecule has 2 heterocycles. The molecule has 0 aliphatic heterocycles. The fourth-order valence-electron chi connectivity index (χ4n) is 2.66. The van der Waals surface area contributed by atoms with Crippen molar-refractivity contribution in [2.75, 3.05) is 0 Å². The minimum atomic E-state index is -4.92. The van der Waals surface area contributed by atoms with Gasteiger partial charge in [-0.3, -0.25) is 14.8 Å². The van der Waals surface area contributed by atoms with Gasteiger partial charge in [0.05, 0.1) is 6.04 Å². The molecule has 1 aromatic carbocycles. The number of rotatable bonds is 2. The summed E-state index contributed by atoms with van der Waals surface area (Å²) in [7, 11) is 0. The highest BCUT2D eigenvalue weighted by Crippen LogP contribution is 2.33. The maximum atomic E-state index is 14.2. The number of hydrogen-bond acceptors (Lipinski definition) is 3. The number of aryl methyl sites for hydroxylation is 1. The van der Waals surface area contributed by atoms with E-state index in [1.807, 2.05) is 0 Å². The van der Waals surface area contributed by atoms with Crippen LogP contribution in [0.4, 0.5) is 17.6 Å². The third-order valence-electron chi connectivity index (χ3n) is 3.84. The van der Waals surface area contributed by atoms with E-state index in [0.717, 1.165) is 4.68 Å². The van der Waals surface area contributed by atoms with Crippen molar-refractivity contribution in [1.29, 1.82) is 0 Å². The maximum absolute atomic E-state index is 14.2. The van der Waals surface area contributed by atoms with Crippen LogP contribution in [0.2, 0.25) is 0 Å². The molecule has 3 rings (SSSR count). The smallest absolute Gasteiger partial charge is 0.291 e. The Labute approximate surface area is 137 Å². The third-order valence-corrected chi connectivity index (χ3v) is 3.84. The van der Waals surface area contributed by atoms with Gasteiger partial charge in [0.25, 0.3) is 5.56 Å². The van der Waals surface area contributed by atoms with Gasteiger partial charge in [0.1, 0.15) is 16.9 Å². The van der Waals surface area contributed by atoms with E-state index in [2.05, 4.69) is 10.1 Å². The molecule has 0 bridgehead atoms. The normalized spacial score (nSPS) is 13.4. The van der Waals surface area contributed by atoms with Crippen molar-refractivity contribution in [3.8, 4) is 0 Å². The van der Waals surface area contributed by atoms with E-state index in [1.54, 1.807) is 18.0 Å². The predicted molar refractivity (Wildman–Crippen MR) is 80.9 cm³/mol. The van der Waals surface area contributed by atoms with Crippen molar-refractivity contribution in [1.82, 2.24) is 19.7 Å². The Hall–Kier alpha value is -2.91. The van der Waals surface area contributed by atoms with Gasteiger partial charge in [-0.25, -0.2) is 13.9 Å². The van der Waals surface area contributed by atoms with Gasteiger partial charge in [0.2, 0.25) is 0 Å². The number of fused-ring (bicyclic) bond motifs is 1. The van der Waals surface area contributed by atoms with Crippen LogP contribution < -0.4 is 11.2 Å². The summed E-state index contributed by atoms with van der Waals surface area (Å²) in [6.07, 6.45) is -4.92. The minimum Gasteiger partial charge on any atom is -0.291 e. The predicted octanol–water partition coefficient (Wildman–Crippen LogP) is 2.49. The lowest BCUT2D eigenvalue weighted by atomic mass is 10.1. The fourth-order valence-corrected chi connectivity index (χ4v) is 2.66. The molecular formula is C15H12F4N4O2. The van der Waals surface area contributed by atoms with Crippen molar-refractivity contribution in [2.45, 2.75) is 26.1 Å². The first-order valence-corrected chi connectivity index (χ1v) is 7.17. The topological polar surface area (TPSA) is 83.5 Å². The van der Waals surface area contributed by atoms with Crippen LogP contribution in [0, 0.1) is 12.7 Å². The molecule has 6 nitrogen and oxygen atoms in total. The summed E-state index contributed by atoms with van der Waals surface area (Å²) in [6, 6.07) is 3.26. The van der Waals surface area contributed by atoms with E-state index in [-0.39, 0.29) is 5.56 Å². The number of alkyl halides is 3. The largest absolute Gasteiger partial charge is 0.436 e. The van der Waals surface area contributed by atoms with Crippen molar-refractivity contribution in [3.05, 3.63) is 61.7 Å². The van der Waals surface area contributed by atoms with E-state index in [9.17, 15) is 27.2 Å². The average Bonchev–Trinajstić information content (AvgIpc) is 2.86. The standard InChI is InChI=1S/C15H12F4N4O2/c1-6-3-4-8(9(16)5-6)7(2)23-12-10(11(22-23)15(17,18)19)13(24)21-14(25)20-12/h3-5,7H,1-2H3,(H2,20,21,24,25)/t7-/m1/s1. The summed E-state index contributed by atoms with van der Waals surface area (Å²) in [5.74, 6) is -0.628. The number of hydrogen-bond donors (Lipinski definition) is 2. The van der Waals surface area contributed by atoms with Crippen LogP contribution >= 0.6 is 0 Å². The monoisotopic (exact) mass is 356 g/mol. The molecule has 25 heavy (non-hydrogen) atoms. The van der Waals surface area contributed by atoms with Gasteiger partial charge in [-0.1, -0.05) is 12.1 Å². The Bertz CT molecular complexity index is 1080. The molecule has 1 atom stereocenters. The van der Waals surface area contributed by atoms with Crippen LogP contribution in [0.1, 0.15) is 29.8 Å². The van der Waals surface area contributed by atoms with Gasteiger partial charge in [0, 0.05) is 5.56 Å². The molecule has 0 saturated carbocycles. The van der Waals surface area contributed by atoms with Gasteiger partial charge in [-0.05, 0) is 25.5 Å². The summed E-state index contributed by atoms with van der Waals surface area (Å²) in [5, 5.41) is 2.64. The number of H-pyrrole nitrogens is 2. The SMILES string of the molecule is Cc1ccc([C@@H](C)n2nc(C(F)(F)F)c3c(=O)[nH]c(=O)[nH]c32)c(F)c1. The molecule has 132 valence electrons. The zero-order valence-corrected chi connectivity index (χ0v) is 13.0. The number of aromatic amines is 2. The molecule has 0 unspecified atom stereocenters. The van der Waals surface area contributed by atoms with Crippen molar-refractivity contribution < 1.29 is 17.6 Å². The second-order valence-corrected chi connectivity index (χ2v) is 5.62. The zero-order valence-electron chi connectivity index (χ0n) is 13.0. The molecule has 10 heteroatoms. The molecule has 0 radical (unpaired) electrons. The first-order valence-electron chi connectivity index (χ1n) is 7.17. The number of nitrogens with zero attached hydrogens (tertiary/aromatic N) is 2. The van der Waals surface area contributed by atoms with Crippen molar-refractivity contribution >= 4 is 11.0 Å². The lowest BCUT2D eigenvalue weighted by Gasteiger charge is -2.15. The van der Waals surface area contributed by atoms with Gasteiger partial charge in [-0.15, -0.1) is 0 Å². The Morgan fingerprint density at radius 3 is 2.48 bits per heavy atom. The van der Waals surface area contributed by atoms with Crippen LogP contribution in [0.5, 0.6) is 0 Å². The summed E-state index contributed by atoms with van der Waals surface area (Å²) < 4.78 is 54.6. The second kappa shape index (κ2) is 5.57. The van der Waals surface area contributed by atoms with Crippen molar-refractivity contribution in [2.24, 2.45) is 0 Å². The van der Waals surface area contributed by atoms with Crippen LogP contribution in [0.15, 0.2) is 27.8 Å². The first-order chi connectivity index (χ1) is 11.6. The summed E-state index contributed by atoms with van der Waals surface area (Å²) in [5.41, 5.74) is -3.35. The molecule has 0 aliphatic carbocycles. The molecular weight excluding hydrogens is 344 g/mol. The van der Waals surface area contributed by atoms with Gasteiger partial charge in [0.15, 0.2) is 5.69 Å². The Morgan fingerprint density at radius 1 is 1.20 bits per heavy atom. The van der Waals surface area contributed by atoms with Crippen LogP contribution in [0.3, 0.4) is 0 Å². The summed E-state index contributed by atoms with van der Waals surface area (Å²) in [4.78, 5) is 27.2. The molecule has 0 spiro atoms. The van der Waals surface area contributed by atoms with E-state index >= 15 is 0 Å². The minimum absolute atomic E-state index is 0.0739. The molecule has 2 N–H and O–H groups in total. The molecule has 0 fully saturated rings. The van der Waals surface area contributed by atoms with E-state index in [1.165, 1.54) is 19.1 Å². The van der Waals surface area contributed by atoms with Crippen molar-refractivity contribution in [3.63, 3.8) is 0 Å². The highest BCUT2D eigenvalue weighted by molar-refractivity contribution is 5.77. The number of nitrogens with one attached hydrogen (secondary N) is 2. The fraction of sp³-hybridized carbons (Fsp3) is 0.267. The number of aromatic nitrogens is 4. The Morgan fingerprint density at radius 2 is 1.88 bits per heavy atom. The number of halogens is 4. The van der Waals surface area contributed by atoms with Gasteiger partial charge in [-0.2, -0.15) is 18.3 Å². The first kappa shape index (κ1) is 16.9. The second-order valence-electron chi connectivity index (χ2n) is 5.62. The molecule has 0 saturated heterocycles. The average molecular weight is 356 g/mol.